The predicted octanol–water partition coefficient (Wildman–Crippen LogP) is 1.82. The Hall–Kier alpha value is -1.02. The molecule has 1 aromatic rings. The lowest BCUT2D eigenvalue weighted by molar-refractivity contribution is -0.119. The van der Waals surface area contributed by atoms with Crippen LogP contribution in [0.25, 0.3) is 0 Å². The van der Waals surface area contributed by atoms with Gasteiger partial charge in [0.15, 0.2) is 5.13 Å². The van der Waals surface area contributed by atoms with Crippen molar-refractivity contribution in [2.75, 3.05) is 51.3 Å². The van der Waals surface area contributed by atoms with Crippen molar-refractivity contribution in [1.82, 2.24) is 14.8 Å². The monoisotopic (exact) mass is 364 g/mol. The Morgan fingerprint density at radius 3 is 2.68 bits per heavy atom. The average molecular weight is 365 g/mol. The molecule has 0 spiro atoms. The smallest absolute Gasteiger partial charge is 0.240 e. The summed E-state index contributed by atoms with van der Waals surface area (Å²) >= 11 is 1.53. The summed E-state index contributed by atoms with van der Waals surface area (Å²) in [6, 6.07) is 0.693. The van der Waals surface area contributed by atoms with Crippen LogP contribution in [0.3, 0.4) is 0 Å². The number of ether oxygens (including phenoxy) is 1. The number of piperidine rings is 1. The molecule has 6 nitrogen and oxygen atoms in total. The van der Waals surface area contributed by atoms with Crippen molar-refractivity contribution in [3.63, 3.8) is 0 Å². The molecular formula is C18H28N4O2S. The van der Waals surface area contributed by atoms with Crippen LogP contribution >= 0.6 is 11.3 Å². The van der Waals surface area contributed by atoms with Crippen molar-refractivity contribution >= 4 is 22.4 Å². The van der Waals surface area contributed by atoms with Gasteiger partial charge in [0.1, 0.15) is 0 Å². The molecule has 2 bridgehead atoms. The molecule has 25 heavy (non-hydrogen) atoms. The van der Waals surface area contributed by atoms with Gasteiger partial charge in [-0.1, -0.05) is 6.42 Å². The number of nitrogens with zero attached hydrogens (tertiary/aromatic N) is 3. The molecule has 2 aliphatic heterocycles. The standard InChI is InChI=1S/C18H28N4O2S/c1-13-9-19-18(25-13)20-16(23)12-21-10-14-3-2-4-15(11-21)17(14)22-5-7-24-8-6-22/h9,14-15,17H,2-8,10-12H2,1H3,(H,19,20,23)/t14-,15+,17?. The number of hydrogen-bond acceptors (Lipinski definition) is 6. The average Bonchev–Trinajstić information content (AvgIpc) is 2.99. The third kappa shape index (κ3) is 4.05. The van der Waals surface area contributed by atoms with Gasteiger partial charge >= 0.3 is 0 Å². The highest BCUT2D eigenvalue weighted by Gasteiger charge is 2.42. The van der Waals surface area contributed by atoms with Gasteiger partial charge in [-0.3, -0.25) is 14.6 Å². The molecular weight excluding hydrogens is 336 g/mol. The first-order chi connectivity index (χ1) is 12.2. The van der Waals surface area contributed by atoms with Crippen LogP contribution in [0.5, 0.6) is 0 Å². The molecule has 1 N–H and O–H groups in total. The number of fused-ring (bicyclic) bond motifs is 2. The van der Waals surface area contributed by atoms with Gasteiger partial charge in [0.2, 0.25) is 5.91 Å². The third-order valence-corrected chi connectivity index (χ3v) is 6.63. The van der Waals surface area contributed by atoms with E-state index in [4.69, 9.17) is 4.74 Å². The van der Waals surface area contributed by atoms with E-state index >= 15 is 0 Å². The van der Waals surface area contributed by atoms with E-state index in [2.05, 4.69) is 20.1 Å². The minimum absolute atomic E-state index is 0.0669. The molecule has 7 heteroatoms. The van der Waals surface area contributed by atoms with Crippen LogP contribution in [-0.4, -0.2) is 72.7 Å². The number of rotatable bonds is 4. The zero-order valence-corrected chi connectivity index (χ0v) is 15.8. The normalized spacial score (nSPS) is 31.0. The lowest BCUT2D eigenvalue weighted by Crippen LogP contribution is -2.60. The summed E-state index contributed by atoms with van der Waals surface area (Å²) < 4.78 is 5.53. The van der Waals surface area contributed by atoms with Crippen LogP contribution in [0, 0.1) is 18.8 Å². The van der Waals surface area contributed by atoms with Crippen molar-refractivity contribution in [2.45, 2.75) is 32.2 Å². The second kappa shape index (κ2) is 7.70. The van der Waals surface area contributed by atoms with E-state index in [-0.39, 0.29) is 5.91 Å². The Labute approximate surface area is 153 Å². The molecule has 0 radical (unpaired) electrons. The van der Waals surface area contributed by atoms with Crippen molar-refractivity contribution in [3.8, 4) is 0 Å². The van der Waals surface area contributed by atoms with Crippen LogP contribution in [-0.2, 0) is 9.53 Å². The summed E-state index contributed by atoms with van der Waals surface area (Å²) in [7, 11) is 0. The summed E-state index contributed by atoms with van der Waals surface area (Å²) in [5.74, 6) is 1.46. The number of aryl methyl sites for hydroxylation is 1. The van der Waals surface area contributed by atoms with Gasteiger partial charge in [-0.2, -0.15) is 0 Å². The Bertz CT molecular complexity index is 588. The number of thiazole rings is 1. The van der Waals surface area contributed by atoms with Gasteiger partial charge in [0.25, 0.3) is 0 Å². The van der Waals surface area contributed by atoms with Gasteiger partial charge in [0.05, 0.1) is 19.8 Å². The first-order valence-electron chi connectivity index (χ1n) is 9.45. The number of likely N-dealkylation sites (tertiary alicyclic amines) is 1. The van der Waals surface area contributed by atoms with Gasteiger partial charge in [0, 0.05) is 43.3 Å². The van der Waals surface area contributed by atoms with Crippen molar-refractivity contribution < 1.29 is 9.53 Å². The second-order valence-corrected chi connectivity index (χ2v) is 8.84. The van der Waals surface area contributed by atoms with Crippen LogP contribution in [0.15, 0.2) is 6.20 Å². The zero-order valence-electron chi connectivity index (χ0n) is 14.9. The van der Waals surface area contributed by atoms with Crippen LogP contribution in [0.4, 0.5) is 5.13 Å². The van der Waals surface area contributed by atoms with E-state index in [9.17, 15) is 4.79 Å². The third-order valence-electron chi connectivity index (χ3n) is 5.80. The maximum Gasteiger partial charge on any atom is 0.240 e. The molecule has 3 heterocycles. The minimum atomic E-state index is 0.0669. The molecule has 3 fully saturated rings. The van der Waals surface area contributed by atoms with Crippen LogP contribution in [0.1, 0.15) is 24.1 Å². The van der Waals surface area contributed by atoms with E-state index < -0.39 is 0 Å². The SMILES string of the molecule is Cc1cnc(NC(=O)CN2C[C@H]3CCC[C@@H](C2)C3N2CCOCC2)s1. The maximum atomic E-state index is 12.4. The fourth-order valence-electron chi connectivity index (χ4n) is 4.88. The molecule has 1 amide bonds. The van der Waals surface area contributed by atoms with Crippen LogP contribution < -0.4 is 5.32 Å². The highest BCUT2D eigenvalue weighted by Crippen LogP contribution is 2.38. The Morgan fingerprint density at radius 1 is 1.32 bits per heavy atom. The molecule has 1 saturated carbocycles. The molecule has 3 aliphatic rings. The Morgan fingerprint density at radius 2 is 2.04 bits per heavy atom. The molecule has 0 aromatic carbocycles. The highest BCUT2D eigenvalue weighted by atomic mass is 32.1. The number of hydrogen-bond donors (Lipinski definition) is 1. The largest absolute Gasteiger partial charge is 0.379 e. The fourth-order valence-corrected chi connectivity index (χ4v) is 5.56. The van der Waals surface area contributed by atoms with Gasteiger partial charge < -0.3 is 10.1 Å². The highest BCUT2D eigenvalue weighted by molar-refractivity contribution is 7.15. The second-order valence-electron chi connectivity index (χ2n) is 7.61. The lowest BCUT2D eigenvalue weighted by atomic mass is 9.72. The van der Waals surface area contributed by atoms with Crippen molar-refractivity contribution in [3.05, 3.63) is 11.1 Å². The molecule has 1 aliphatic carbocycles. The zero-order chi connectivity index (χ0) is 17.2. The summed E-state index contributed by atoms with van der Waals surface area (Å²) in [5.41, 5.74) is 0. The van der Waals surface area contributed by atoms with E-state index in [1.54, 1.807) is 6.20 Å². The van der Waals surface area contributed by atoms with Gasteiger partial charge in [-0.05, 0) is 31.6 Å². The molecule has 4 rings (SSSR count). The quantitative estimate of drug-likeness (QED) is 0.883. The summed E-state index contributed by atoms with van der Waals surface area (Å²) in [4.78, 5) is 22.8. The summed E-state index contributed by atoms with van der Waals surface area (Å²) in [5, 5.41) is 3.66. The number of aromatic nitrogens is 1. The van der Waals surface area contributed by atoms with Gasteiger partial charge in [-0.25, -0.2) is 4.98 Å². The van der Waals surface area contributed by atoms with Crippen molar-refractivity contribution in [1.29, 1.82) is 0 Å². The summed E-state index contributed by atoms with van der Waals surface area (Å²) in [6.07, 6.45) is 5.73. The number of carbonyl (C=O) groups excluding carboxylic acids is 1. The lowest BCUT2D eigenvalue weighted by Gasteiger charge is -2.52. The molecule has 2 saturated heterocycles. The first kappa shape index (κ1) is 17.4. The van der Waals surface area contributed by atoms with Gasteiger partial charge in [-0.15, -0.1) is 11.3 Å². The Kier molecular flexibility index (Phi) is 5.36. The van der Waals surface area contributed by atoms with E-state index in [1.165, 1.54) is 30.6 Å². The maximum absolute atomic E-state index is 12.4. The summed E-state index contributed by atoms with van der Waals surface area (Å²) in [6.45, 7) is 8.46. The molecule has 1 aromatic heterocycles. The molecule has 3 atom stereocenters. The topological polar surface area (TPSA) is 57.7 Å². The molecule has 138 valence electrons. The minimum Gasteiger partial charge on any atom is -0.379 e. The number of amides is 1. The van der Waals surface area contributed by atoms with E-state index in [0.717, 1.165) is 44.3 Å². The number of anilines is 1. The van der Waals surface area contributed by atoms with Crippen molar-refractivity contribution in [2.24, 2.45) is 11.8 Å². The number of morpholine rings is 1. The first-order valence-corrected chi connectivity index (χ1v) is 10.3. The fraction of sp³-hybridized carbons (Fsp3) is 0.778. The number of carbonyl (C=O) groups is 1. The molecule has 1 unspecified atom stereocenters. The predicted molar refractivity (Wildman–Crippen MR) is 98.9 cm³/mol. The van der Waals surface area contributed by atoms with Crippen LogP contribution in [0.2, 0.25) is 0 Å². The Balaban J connectivity index is 1.35. The van der Waals surface area contributed by atoms with E-state index in [0.29, 0.717) is 29.6 Å². The van der Waals surface area contributed by atoms with E-state index in [1.807, 2.05) is 6.92 Å². The number of nitrogens with one attached hydrogen (secondary N) is 1.